The second-order valence-corrected chi connectivity index (χ2v) is 9.70. The zero-order chi connectivity index (χ0) is 26.7. The van der Waals surface area contributed by atoms with Crippen molar-refractivity contribution in [3.8, 4) is 12.0 Å². The van der Waals surface area contributed by atoms with E-state index in [9.17, 15) is 0 Å². The lowest BCUT2D eigenvalue weighted by Crippen LogP contribution is -2.33. The van der Waals surface area contributed by atoms with Crippen LogP contribution in [0, 0.1) is 0 Å². The smallest absolute Gasteiger partial charge is 0.319 e. The number of nitrogens with zero attached hydrogens (tertiary/aromatic N) is 6. The van der Waals surface area contributed by atoms with E-state index in [2.05, 4.69) is 9.80 Å². The molecule has 2 aliphatic heterocycles. The summed E-state index contributed by atoms with van der Waals surface area (Å²) < 4.78 is 33.5. The Labute approximate surface area is 224 Å². The van der Waals surface area contributed by atoms with E-state index in [1.54, 1.807) is 28.4 Å². The van der Waals surface area contributed by atoms with Crippen molar-refractivity contribution in [1.29, 1.82) is 0 Å². The van der Waals surface area contributed by atoms with E-state index in [0.717, 1.165) is 63.5 Å². The van der Waals surface area contributed by atoms with E-state index in [-0.39, 0.29) is 37.4 Å². The lowest BCUT2D eigenvalue weighted by molar-refractivity contribution is -0.00112. The van der Waals surface area contributed by atoms with Gasteiger partial charge in [0.2, 0.25) is 0 Å². The molecule has 12 nitrogen and oxygen atoms in total. The molecule has 0 amide bonds. The van der Waals surface area contributed by atoms with Gasteiger partial charge >= 0.3 is 12.0 Å². The molecule has 0 radical (unpaired) electrons. The van der Waals surface area contributed by atoms with Gasteiger partial charge < -0.3 is 38.2 Å². The summed E-state index contributed by atoms with van der Waals surface area (Å²) in [6.45, 7) is 4.96. The van der Waals surface area contributed by atoms with Gasteiger partial charge in [-0.2, -0.15) is 19.9 Å². The maximum Gasteiger partial charge on any atom is 0.319 e. The lowest BCUT2D eigenvalue weighted by Gasteiger charge is -2.31. The molecule has 0 aromatic carbocycles. The molecule has 0 bridgehead atoms. The summed E-state index contributed by atoms with van der Waals surface area (Å²) in [5.41, 5.74) is 1.34. The largest absolute Gasteiger partial charge is 0.461 e. The SMILES string of the molecule is COC[C@H](COc1nc(N2CCCCC2)c2nc(OC[C@H](COC)OC)nc(N3CCCCC3)c2n1)OC. The fraction of sp³-hybridized carbons (Fsp3) is 0.769. The van der Waals surface area contributed by atoms with Gasteiger partial charge in [-0.3, -0.25) is 0 Å². The molecule has 2 aromatic rings. The van der Waals surface area contributed by atoms with Crippen molar-refractivity contribution in [2.24, 2.45) is 0 Å². The maximum atomic E-state index is 6.05. The molecule has 38 heavy (non-hydrogen) atoms. The van der Waals surface area contributed by atoms with E-state index < -0.39 is 0 Å². The number of hydrogen-bond donors (Lipinski definition) is 0. The average molecular weight is 535 g/mol. The molecule has 0 saturated carbocycles. The molecule has 2 aliphatic rings. The van der Waals surface area contributed by atoms with Crippen molar-refractivity contribution in [2.75, 3.05) is 90.8 Å². The highest BCUT2D eigenvalue weighted by atomic mass is 16.6. The number of anilines is 2. The average Bonchev–Trinajstić information content (AvgIpc) is 2.97. The minimum atomic E-state index is -0.229. The van der Waals surface area contributed by atoms with Gasteiger partial charge in [0, 0.05) is 54.6 Å². The maximum absolute atomic E-state index is 6.05. The van der Waals surface area contributed by atoms with Gasteiger partial charge in [0.25, 0.3) is 0 Å². The van der Waals surface area contributed by atoms with Crippen LogP contribution in [0.1, 0.15) is 38.5 Å². The third kappa shape index (κ3) is 7.31. The molecule has 2 fully saturated rings. The van der Waals surface area contributed by atoms with Crippen LogP contribution in [0.15, 0.2) is 0 Å². The molecule has 0 unspecified atom stereocenters. The topological polar surface area (TPSA) is 113 Å². The van der Waals surface area contributed by atoms with Crippen molar-refractivity contribution in [3.63, 3.8) is 0 Å². The Bertz CT molecular complexity index is 923. The van der Waals surface area contributed by atoms with Crippen LogP contribution in [0.3, 0.4) is 0 Å². The predicted octanol–water partition coefficient (Wildman–Crippen LogP) is 2.48. The zero-order valence-corrected chi connectivity index (χ0v) is 23.2. The van der Waals surface area contributed by atoms with Gasteiger partial charge in [-0.15, -0.1) is 0 Å². The molecule has 2 saturated heterocycles. The molecule has 12 heteroatoms. The summed E-state index contributed by atoms with van der Waals surface area (Å²) >= 11 is 0. The molecular weight excluding hydrogens is 492 g/mol. The van der Waals surface area contributed by atoms with Gasteiger partial charge in [0.1, 0.15) is 36.5 Å². The molecule has 0 N–H and O–H groups in total. The summed E-state index contributed by atoms with van der Waals surface area (Å²) in [7, 11) is 6.55. The van der Waals surface area contributed by atoms with Crippen LogP contribution in [0.25, 0.3) is 11.0 Å². The number of piperidine rings is 2. The van der Waals surface area contributed by atoms with Crippen molar-refractivity contribution >= 4 is 22.7 Å². The summed E-state index contributed by atoms with van der Waals surface area (Å²) in [6.07, 6.45) is 6.34. The van der Waals surface area contributed by atoms with Crippen LogP contribution in [0.5, 0.6) is 12.0 Å². The Morgan fingerprint density at radius 3 is 1.29 bits per heavy atom. The van der Waals surface area contributed by atoms with Crippen LogP contribution in [0.4, 0.5) is 11.6 Å². The number of hydrogen-bond acceptors (Lipinski definition) is 12. The van der Waals surface area contributed by atoms with Crippen molar-refractivity contribution in [1.82, 2.24) is 19.9 Å². The van der Waals surface area contributed by atoms with Gasteiger partial charge in [-0.1, -0.05) is 0 Å². The van der Waals surface area contributed by atoms with Gasteiger partial charge in [0.15, 0.2) is 11.6 Å². The van der Waals surface area contributed by atoms with Crippen molar-refractivity contribution in [2.45, 2.75) is 50.7 Å². The highest BCUT2D eigenvalue weighted by molar-refractivity contribution is 5.93. The predicted molar refractivity (Wildman–Crippen MR) is 144 cm³/mol. The Hall–Kier alpha value is -2.54. The zero-order valence-electron chi connectivity index (χ0n) is 23.2. The van der Waals surface area contributed by atoms with Crippen molar-refractivity contribution in [3.05, 3.63) is 0 Å². The van der Waals surface area contributed by atoms with E-state index in [4.69, 9.17) is 48.4 Å². The molecule has 4 rings (SSSR count). The molecule has 0 aliphatic carbocycles. The van der Waals surface area contributed by atoms with E-state index in [0.29, 0.717) is 24.2 Å². The molecule has 212 valence electrons. The van der Waals surface area contributed by atoms with Crippen LogP contribution in [0.2, 0.25) is 0 Å². The minimum absolute atomic E-state index is 0.229. The number of rotatable bonds is 14. The van der Waals surface area contributed by atoms with Crippen LogP contribution in [-0.4, -0.2) is 113 Å². The number of fused-ring (bicyclic) bond motifs is 1. The van der Waals surface area contributed by atoms with E-state index >= 15 is 0 Å². The first-order valence-corrected chi connectivity index (χ1v) is 13.6. The van der Waals surface area contributed by atoms with E-state index in [1.807, 2.05) is 0 Å². The first-order chi connectivity index (χ1) is 18.7. The molecule has 4 heterocycles. The standard InChI is InChI=1S/C26H42N6O6/c1-33-15-19(35-3)17-37-25-27-21-22(23(29-25)31-11-7-5-8-12-31)28-26(38-18-20(36-4)16-34-2)30-24(21)32-13-9-6-10-14-32/h19-20H,5-18H2,1-4H3/t19-,20+. The molecule has 0 spiro atoms. The summed E-state index contributed by atoms with van der Waals surface area (Å²) in [5, 5.41) is 0. The quantitative estimate of drug-likeness (QED) is 0.355. The number of ether oxygens (including phenoxy) is 6. The van der Waals surface area contributed by atoms with Gasteiger partial charge in [-0.05, 0) is 38.5 Å². The monoisotopic (exact) mass is 534 g/mol. The second kappa shape index (κ2) is 14.6. The van der Waals surface area contributed by atoms with Crippen LogP contribution < -0.4 is 19.3 Å². The van der Waals surface area contributed by atoms with Crippen LogP contribution >= 0.6 is 0 Å². The number of aromatic nitrogens is 4. The Balaban J connectivity index is 1.75. The number of methoxy groups -OCH3 is 4. The molecule has 2 atom stereocenters. The first kappa shape index (κ1) is 28.5. The second-order valence-electron chi connectivity index (χ2n) is 9.70. The molecular formula is C26H42N6O6. The highest BCUT2D eigenvalue weighted by Crippen LogP contribution is 2.34. The summed E-state index contributed by atoms with van der Waals surface area (Å²) in [4.78, 5) is 23.9. The fourth-order valence-electron chi connectivity index (χ4n) is 4.80. The van der Waals surface area contributed by atoms with Gasteiger partial charge in [0.05, 0.1) is 13.2 Å². The van der Waals surface area contributed by atoms with Gasteiger partial charge in [-0.25, -0.2) is 0 Å². The van der Waals surface area contributed by atoms with E-state index in [1.165, 1.54) is 12.8 Å². The molecule has 2 aromatic heterocycles. The van der Waals surface area contributed by atoms with Crippen LogP contribution in [-0.2, 0) is 18.9 Å². The minimum Gasteiger partial charge on any atom is -0.461 e. The lowest BCUT2D eigenvalue weighted by atomic mass is 10.1. The fourth-order valence-corrected chi connectivity index (χ4v) is 4.80. The normalized spacial score (nSPS) is 18.0. The van der Waals surface area contributed by atoms with Crippen molar-refractivity contribution < 1.29 is 28.4 Å². The Morgan fingerprint density at radius 2 is 0.947 bits per heavy atom. The third-order valence-corrected chi connectivity index (χ3v) is 6.95. The summed E-state index contributed by atoms with van der Waals surface area (Å²) in [5.74, 6) is 1.49. The highest BCUT2D eigenvalue weighted by Gasteiger charge is 2.26. The summed E-state index contributed by atoms with van der Waals surface area (Å²) in [6, 6.07) is 0.567. The third-order valence-electron chi connectivity index (χ3n) is 6.95. The Morgan fingerprint density at radius 1 is 0.553 bits per heavy atom. The Kier molecular flexibility index (Phi) is 10.9. The first-order valence-electron chi connectivity index (χ1n) is 13.6.